The molecule has 0 N–H and O–H groups in total. The molecule has 0 aliphatic carbocycles. The summed E-state index contributed by atoms with van der Waals surface area (Å²) in [6, 6.07) is 5.91. The average Bonchev–Trinajstić information content (AvgIpc) is 2.27. The number of hydrogen-bond donors (Lipinski definition) is 0. The van der Waals surface area contributed by atoms with Gasteiger partial charge in [0, 0.05) is 11.6 Å². The monoisotopic (exact) mass is 205 g/mol. The third kappa shape index (κ3) is 1.66. The highest BCUT2D eigenvalue weighted by molar-refractivity contribution is 6.02. The molecule has 0 aliphatic rings. The first-order chi connectivity index (χ1) is 7.22. The van der Waals surface area contributed by atoms with Crippen LogP contribution in [0.3, 0.4) is 0 Å². The lowest BCUT2D eigenvalue weighted by Gasteiger charge is -2.03. The van der Waals surface area contributed by atoms with Crippen LogP contribution < -0.4 is 0 Å². The van der Waals surface area contributed by atoms with E-state index in [1.54, 1.807) is 12.1 Å². The van der Waals surface area contributed by atoms with Crippen LogP contribution >= 0.6 is 0 Å². The molecule has 0 bridgehead atoms. The Hall–Kier alpha value is -1.97. The van der Waals surface area contributed by atoms with Crippen LogP contribution in [0.5, 0.6) is 0 Å². The van der Waals surface area contributed by atoms with Crippen LogP contribution in [-0.2, 0) is 4.74 Å². The molecule has 0 fully saturated rings. The number of benzene rings is 1. The highest BCUT2D eigenvalue weighted by atomic mass is 19.1. The van der Waals surface area contributed by atoms with Gasteiger partial charge in [-0.1, -0.05) is 6.07 Å². The van der Waals surface area contributed by atoms with Crippen molar-refractivity contribution < 1.29 is 13.9 Å². The summed E-state index contributed by atoms with van der Waals surface area (Å²) in [5.74, 6) is -0.966. The standard InChI is InChI=1S/C11H8FNO2/c1-15-11(14)10-9-6-8(12)3-2-7(9)4-5-13-10/h2-6H,1H3. The maximum Gasteiger partial charge on any atom is 0.357 e. The van der Waals surface area contributed by atoms with Gasteiger partial charge >= 0.3 is 5.97 Å². The van der Waals surface area contributed by atoms with Gasteiger partial charge in [0.25, 0.3) is 0 Å². The molecule has 76 valence electrons. The Morgan fingerprint density at radius 1 is 1.40 bits per heavy atom. The Labute approximate surface area is 85.5 Å². The first kappa shape index (κ1) is 9.58. The van der Waals surface area contributed by atoms with E-state index >= 15 is 0 Å². The Morgan fingerprint density at radius 2 is 2.20 bits per heavy atom. The molecule has 0 amide bonds. The number of ether oxygens (including phenoxy) is 1. The Kier molecular flexibility index (Phi) is 2.33. The maximum absolute atomic E-state index is 13.0. The molecular weight excluding hydrogens is 197 g/mol. The Morgan fingerprint density at radius 3 is 2.93 bits per heavy atom. The lowest BCUT2D eigenvalue weighted by atomic mass is 10.1. The second-order valence-electron chi connectivity index (χ2n) is 3.02. The van der Waals surface area contributed by atoms with Crippen LogP contribution in [0.4, 0.5) is 4.39 Å². The van der Waals surface area contributed by atoms with Gasteiger partial charge in [0.1, 0.15) is 5.82 Å². The SMILES string of the molecule is COC(=O)c1nccc2ccc(F)cc12. The van der Waals surface area contributed by atoms with Gasteiger partial charge in [0.05, 0.1) is 7.11 Å². The number of halogens is 1. The first-order valence-corrected chi connectivity index (χ1v) is 4.35. The molecule has 1 aromatic heterocycles. The van der Waals surface area contributed by atoms with Crippen LogP contribution in [-0.4, -0.2) is 18.1 Å². The van der Waals surface area contributed by atoms with Gasteiger partial charge in [-0.15, -0.1) is 0 Å². The Bertz CT molecular complexity index is 525. The van der Waals surface area contributed by atoms with E-state index in [0.717, 1.165) is 5.39 Å². The van der Waals surface area contributed by atoms with E-state index in [4.69, 9.17) is 0 Å². The number of esters is 1. The number of pyridine rings is 1. The van der Waals surface area contributed by atoms with Gasteiger partial charge in [-0.2, -0.15) is 0 Å². The Balaban J connectivity index is 2.74. The minimum absolute atomic E-state index is 0.134. The van der Waals surface area contributed by atoms with Gasteiger partial charge in [-0.25, -0.2) is 14.2 Å². The molecule has 0 unspecified atom stereocenters. The van der Waals surface area contributed by atoms with Crippen molar-refractivity contribution in [2.75, 3.05) is 7.11 Å². The normalized spacial score (nSPS) is 10.3. The molecule has 0 radical (unpaired) electrons. The van der Waals surface area contributed by atoms with E-state index in [0.29, 0.717) is 5.39 Å². The van der Waals surface area contributed by atoms with E-state index in [-0.39, 0.29) is 5.69 Å². The summed E-state index contributed by atoms with van der Waals surface area (Å²) in [6.45, 7) is 0. The van der Waals surface area contributed by atoms with Gasteiger partial charge in [0.2, 0.25) is 0 Å². The molecule has 0 saturated carbocycles. The van der Waals surface area contributed by atoms with Crippen LogP contribution in [0.25, 0.3) is 10.8 Å². The molecule has 0 saturated heterocycles. The van der Waals surface area contributed by atoms with E-state index in [1.165, 1.54) is 25.4 Å². The fourth-order valence-corrected chi connectivity index (χ4v) is 1.40. The van der Waals surface area contributed by atoms with E-state index < -0.39 is 11.8 Å². The molecular formula is C11H8FNO2. The summed E-state index contributed by atoms with van der Waals surface area (Å²) < 4.78 is 17.6. The van der Waals surface area contributed by atoms with Gasteiger partial charge < -0.3 is 4.74 Å². The highest BCUT2D eigenvalue weighted by Gasteiger charge is 2.11. The van der Waals surface area contributed by atoms with Gasteiger partial charge in [-0.05, 0) is 23.6 Å². The topological polar surface area (TPSA) is 39.2 Å². The fourth-order valence-electron chi connectivity index (χ4n) is 1.40. The summed E-state index contributed by atoms with van der Waals surface area (Å²) in [7, 11) is 1.27. The molecule has 0 aliphatic heterocycles. The summed E-state index contributed by atoms with van der Waals surface area (Å²) in [5.41, 5.74) is 0.134. The number of carbonyl (C=O) groups is 1. The third-order valence-corrected chi connectivity index (χ3v) is 2.11. The van der Waals surface area contributed by atoms with Crippen molar-refractivity contribution in [3.05, 3.63) is 42.0 Å². The predicted molar refractivity (Wildman–Crippen MR) is 53.0 cm³/mol. The second-order valence-corrected chi connectivity index (χ2v) is 3.02. The molecule has 15 heavy (non-hydrogen) atoms. The molecule has 2 aromatic rings. The summed E-state index contributed by atoms with van der Waals surface area (Å²) in [4.78, 5) is 15.2. The summed E-state index contributed by atoms with van der Waals surface area (Å²) in [5, 5.41) is 1.22. The van der Waals surface area contributed by atoms with Crippen molar-refractivity contribution >= 4 is 16.7 Å². The molecule has 1 heterocycles. The average molecular weight is 205 g/mol. The second kappa shape index (κ2) is 3.65. The lowest BCUT2D eigenvalue weighted by Crippen LogP contribution is -2.04. The largest absolute Gasteiger partial charge is 0.464 e. The fraction of sp³-hybridized carbons (Fsp3) is 0.0909. The van der Waals surface area contributed by atoms with Crippen molar-refractivity contribution in [3.63, 3.8) is 0 Å². The highest BCUT2D eigenvalue weighted by Crippen LogP contribution is 2.18. The van der Waals surface area contributed by atoms with E-state index in [2.05, 4.69) is 9.72 Å². The lowest BCUT2D eigenvalue weighted by molar-refractivity contribution is 0.0596. The molecule has 1 aromatic carbocycles. The quantitative estimate of drug-likeness (QED) is 0.669. The molecule has 0 atom stereocenters. The number of nitrogens with zero attached hydrogens (tertiary/aromatic N) is 1. The first-order valence-electron chi connectivity index (χ1n) is 4.35. The van der Waals surface area contributed by atoms with Crippen molar-refractivity contribution in [2.45, 2.75) is 0 Å². The van der Waals surface area contributed by atoms with Crippen LogP contribution in [0.15, 0.2) is 30.5 Å². The zero-order valence-electron chi connectivity index (χ0n) is 8.03. The summed E-state index contributed by atoms with van der Waals surface area (Å²) >= 11 is 0. The molecule has 2 rings (SSSR count). The number of fused-ring (bicyclic) bond motifs is 1. The smallest absolute Gasteiger partial charge is 0.357 e. The zero-order chi connectivity index (χ0) is 10.8. The van der Waals surface area contributed by atoms with E-state index in [9.17, 15) is 9.18 Å². The van der Waals surface area contributed by atoms with Crippen LogP contribution in [0.1, 0.15) is 10.5 Å². The third-order valence-electron chi connectivity index (χ3n) is 2.11. The predicted octanol–water partition coefficient (Wildman–Crippen LogP) is 2.16. The molecule has 3 nitrogen and oxygen atoms in total. The van der Waals surface area contributed by atoms with Gasteiger partial charge in [-0.3, -0.25) is 0 Å². The minimum atomic E-state index is -0.564. The zero-order valence-corrected chi connectivity index (χ0v) is 8.03. The van der Waals surface area contributed by atoms with Crippen molar-refractivity contribution in [3.8, 4) is 0 Å². The van der Waals surface area contributed by atoms with Crippen molar-refractivity contribution in [2.24, 2.45) is 0 Å². The van der Waals surface area contributed by atoms with Crippen molar-refractivity contribution in [1.29, 1.82) is 0 Å². The number of aromatic nitrogens is 1. The number of rotatable bonds is 1. The summed E-state index contributed by atoms with van der Waals surface area (Å²) in [6.07, 6.45) is 1.49. The number of methoxy groups -OCH3 is 1. The van der Waals surface area contributed by atoms with Crippen LogP contribution in [0.2, 0.25) is 0 Å². The van der Waals surface area contributed by atoms with Crippen molar-refractivity contribution in [1.82, 2.24) is 4.98 Å². The molecule has 0 spiro atoms. The van der Waals surface area contributed by atoms with E-state index in [1.807, 2.05) is 0 Å². The minimum Gasteiger partial charge on any atom is -0.464 e. The molecule has 4 heteroatoms. The van der Waals surface area contributed by atoms with Crippen LogP contribution in [0, 0.1) is 5.82 Å². The maximum atomic E-state index is 13.0. The number of carbonyl (C=O) groups excluding carboxylic acids is 1. The van der Waals surface area contributed by atoms with Gasteiger partial charge in [0.15, 0.2) is 5.69 Å². The number of hydrogen-bond acceptors (Lipinski definition) is 3.